The lowest BCUT2D eigenvalue weighted by Crippen LogP contribution is -2.19. The Labute approximate surface area is 189 Å². The fourth-order valence-electron chi connectivity index (χ4n) is 2.34. The molecule has 0 fully saturated rings. The average molecular weight is 458 g/mol. The first kappa shape index (κ1) is 22.3. The van der Waals surface area contributed by atoms with Crippen LogP contribution in [0.2, 0.25) is 0 Å². The van der Waals surface area contributed by atoms with E-state index in [4.69, 9.17) is 0 Å². The predicted molar refractivity (Wildman–Crippen MR) is 128 cm³/mol. The van der Waals surface area contributed by atoms with Gasteiger partial charge in [0.05, 0.1) is 12.0 Å². The van der Waals surface area contributed by atoms with Gasteiger partial charge in [-0.2, -0.15) is 5.10 Å². The highest BCUT2D eigenvalue weighted by molar-refractivity contribution is 8.03. The second-order valence-corrected chi connectivity index (χ2v) is 10.1. The van der Waals surface area contributed by atoms with Crippen LogP contribution in [-0.4, -0.2) is 42.2 Å². The van der Waals surface area contributed by atoms with Crippen LogP contribution in [0.5, 0.6) is 0 Å². The molecule has 30 heavy (non-hydrogen) atoms. The molecule has 0 aliphatic heterocycles. The maximum atomic E-state index is 12.0. The Balaban J connectivity index is 1.39. The lowest BCUT2D eigenvalue weighted by atomic mass is 10.2. The zero-order valence-electron chi connectivity index (χ0n) is 17.0. The Morgan fingerprint density at radius 1 is 1.07 bits per heavy atom. The number of nitrogens with one attached hydrogen (secondary N) is 1. The van der Waals surface area contributed by atoms with Crippen molar-refractivity contribution < 1.29 is 4.79 Å². The van der Waals surface area contributed by atoms with Crippen molar-refractivity contribution in [2.24, 2.45) is 5.10 Å². The molecule has 0 spiro atoms. The molecule has 0 bridgehead atoms. The summed E-state index contributed by atoms with van der Waals surface area (Å²) < 4.78 is 1.68. The van der Waals surface area contributed by atoms with Gasteiger partial charge in [0.1, 0.15) is 0 Å². The fraction of sp³-hybridized carbons (Fsp3) is 0.238. The molecule has 3 rings (SSSR count). The number of benzene rings is 2. The SMILES string of the molecule is Cc1ccc(CSc2nnc(SCC(=O)N/N=C\c3ccc(N(C)C)cc3)s2)cc1. The van der Waals surface area contributed by atoms with E-state index in [0.29, 0.717) is 0 Å². The van der Waals surface area contributed by atoms with E-state index < -0.39 is 0 Å². The van der Waals surface area contributed by atoms with Gasteiger partial charge < -0.3 is 4.90 Å². The summed E-state index contributed by atoms with van der Waals surface area (Å²) in [6.07, 6.45) is 1.63. The molecule has 0 atom stereocenters. The Bertz CT molecular complexity index is 985. The van der Waals surface area contributed by atoms with Crippen LogP contribution in [0.1, 0.15) is 16.7 Å². The summed E-state index contributed by atoms with van der Waals surface area (Å²) in [6, 6.07) is 16.4. The van der Waals surface area contributed by atoms with Gasteiger partial charge in [-0.15, -0.1) is 10.2 Å². The third-order valence-electron chi connectivity index (χ3n) is 4.01. The number of carbonyl (C=O) groups is 1. The predicted octanol–water partition coefficient (Wildman–Crippen LogP) is 4.45. The maximum Gasteiger partial charge on any atom is 0.250 e. The molecule has 0 saturated carbocycles. The first-order valence-electron chi connectivity index (χ1n) is 9.23. The highest BCUT2D eigenvalue weighted by Gasteiger charge is 2.08. The second kappa shape index (κ2) is 11.1. The van der Waals surface area contributed by atoms with Gasteiger partial charge in [0.15, 0.2) is 8.68 Å². The number of hydrazone groups is 1. The average Bonchev–Trinajstić information content (AvgIpc) is 3.20. The van der Waals surface area contributed by atoms with Crippen molar-refractivity contribution >= 4 is 52.7 Å². The number of amides is 1. The highest BCUT2D eigenvalue weighted by Crippen LogP contribution is 2.30. The molecule has 1 heterocycles. The molecule has 1 N–H and O–H groups in total. The summed E-state index contributed by atoms with van der Waals surface area (Å²) >= 11 is 4.52. The number of anilines is 1. The summed E-state index contributed by atoms with van der Waals surface area (Å²) in [5.74, 6) is 0.920. The van der Waals surface area contributed by atoms with Crippen molar-refractivity contribution in [2.75, 3.05) is 24.7 Å². The molecule has 2 aromatic carbocycles. The summed E-state index contributed by atoms with van der Waals surface area (Å²) in [6.45, 7) is 2.08. The number of hydrogen-bond donors (Lipinski definition) is 1. The lowest BCUT2D eigenvalue weighted by Gasteiger charge is -2.11. The molecule has 0 unspecified atom stereocenters. The molecule has 0 radical (unpaired) electrons. The minimum atomic E-state index is -0.176. The van der Waals surface area contributed by atoms with Crippen molar-refractivity contribution in [1.29, 1.82) is 0 Å². The van der Waals surface area contributed by atoms with Crippen LogP contribution in [0.3, 0.4) is 0 Å². The number of thioether (sulfide) groups is 2. The van der Waals surface area contributed by atoms with Gasteiger partial charge in [0.2, 0.25) is 0 Å². The van der Waals surface area contributed by atoms with Gasteiger partial charge in [-0.3, -0.25) is 4.79 Å². The Hall–Kier alpha value is -2.36. The monoisotopic (exact) mass is 457 g/mol. The van der Waals surface area contributed by atoms with Crippen molar-refractivity contribution in [3.8, 4) is 0 Å². The lowest BCUT2D eigenvalue weighted by molar-refractivity contribution is -0.118. The minimum Gasteiger partial charge on any atom is -0.378 e. The van der Waals surface area contributed by atoms with E-state index in [2.05, 4.69) is 51.9 Å². The van der Waals surface area contributed by atoms with Gasteiger partial charge >= 0.3 is 0 Å². The van der Waals surface area contributed by atoms with Crippen LogP contribution in [0.15, 0.2) is 62.3 Å². The quantitative estimate of drug-likeness (QED) is 0.291. The van der Waals surface area contributed by atoms with Crippen molar-refractivity contribution in [1.82, 2.24) is 15.6 Å². The number of nitrogens with zero attached hydrogens (tertiary/aromatic N) is 4. The molecular weight excluding hydrogens is 434 g/mol. The third-order valence-corrected chi connectivity index (χ3v) is 7.27. The molecule has 0 aliphatic rings. The Morgan fingerprint density at radius 3 is 2.40 bits per heavy atom. The van der Waals surface area contributed by atoms with Crippen LogP contribution in [0.25, 0.3) is 0 Å². The van der Waals surface area contributed by atoms with Gasteiger partial charge in [0.25, 0.3) is 5.91 Å². The fourth-order valence-corrected chi connectivity index (χ4v) is 5.11. The van der Waals surface area contributed by atoms with E-state index in [0.717, 1.165) is 25.7 Å². The standard InChI is InChI=1S/C21H23N5OS3/c1-15-4-6-17(7-5-15)13-28-20-24-25-21(30-20)29-14-19(27)23-22-12-16-8-10-18(11-9-16)26(2)3/h4-12H,13-14H2,1-3H3,(H,23,27)/b22-12-. The van der Waals surface area contributed by atoms with Gasteiger partial charge in [0, 0.05) is 25.5 Å². The summed E-state index contributed by atoms with van der Waals surface area (Å²) in [4.78, 5) is 14.0. The summed E-state index contributed by atoms with van der Waals surface area (Å²) in [5, 5.41) is 12.4. The number of carbonyl (C=O) groups excluding carboxylic acids is 1. The number of aromatic nitrogens is 2. The number of aryl methyl sites for hydroxylation is 1. The number of rotatable bonds is 9. The van der Waals surface area contributed by atoms with Crippen molar-refractivity contribution in [3.05, 3.63) is 65.2 Å². The molecule has 0 saturated heterocycles. The van der Waals surface area contributed by atoms with E-state index in [1.165, 1.54) is 34.2 Å². The normalized spacial score (nSPS) is 11.0. The van der Waals surface area contributed by atoms with E-state index >= 15 is 0 Å². The summed E-state index contributed by atoms with van der Waals surface area (Å²) in [5.41, 5.74) is 7.09. The molecular formula is C21H23N5OS3. The second-order valence-electron chi connectivity index (χ2n) is 6.68. The zero-order valence-corrected chi connectivity index (χ0v) is 19.5. The van der Waals surface area contributed by atoms with E-state index in [1.54, 1.807) is 18.0 Å². The zero-order chi connectivity index (χ0) is 21.3. The Morgan fingerprint density at radius 2 is 1.73 bits per heavy atom. The van der Waals surface area contributed by atoms with E-state index in [1.807, 2.05) is 43.3 Å². The first-order valence-corrected chi connectivity index (χ1v) is 12.0. The van der Waals surface area contributed by atoms with Crippen LogP contribution < -0.4 is 10.3 Å². The van der Waals surface area contributed by atoms with Crippen LogP contribution in [0.4, 0.5) is 5.69 Å². The van der Waals surface area contributed by atoms with Gasteiger partial charge in [-0.25, -0.2) is 5.43 Å². The topological polar surface area (TPSA) is 70.5 Å². The van der Waals surface area contributed by atoms with Gasteiger partial charge in [-0.1, -0.05) is 76.8 Å². The Kier molecular flexibility index (Phi) is 8.30. The van der Waals surface area contributed by atoms with Crippen molar-refractivity contribution in [3.63, 3.8) is 0 Å². The molecule has 9 heteroatoms. The molecule has 1 aromatic heterocycles. The third kappa shape index (κ3) is 7.16. The smallest absolute Gasteiger partial charge is 0.250 e. The summed E-state index contributed by atoms with van der Waals surface area (Å²) in [7, 11) is 3.98. The first-order chi connectivity index (χ1) is 14.5. The molecule has 0 aliphatic carbocycles. The molecule has 6 nitrogen and oxygen atoms in total. The van der Waals surface area contributed by atoms with Crippen LogP contribution >= 0.6 is 34.9 Å². The van der Waals surface area contributed by atoms with Crippen LogP contribution in [-0.2, 0) is 10.5 Å². The molecule has 3 aromatic rings. The molecule has 156 valence electrons. The number of hydrogen-bond acceptors (Lipinski definition) is 8. The largest absolute Gasteiger partial charge is 0.378 e. The van der Waals surface area contributed by atoms with Crippen molar-refractivity contribution in [2.45, 2.75) is 21.4 Å². The van der Waals surface area contributed by atoms with E-state index in [9.17, 15) is 4.79 Å². The van der Waals surface area contributed by atoms with Crippen LogP contribution in [0, 0.1) is 6.92 Å². The minimum absolute atomic E-state index is 0.176. The van der Waals surface area contributed by atoms with Gasteiger partial charge in [-0.05, 0) is 30.2 Å². The molecule has 1 amide bonds. The highest BCUT2D eigenvalue weighted by atomic mass is 32.2. The van der Waals surface area contributed by atoms with E-state index in [-0.39, 0.29) is 11.7 Å². The maximum absolute atomic E-state index is 12.0.